The normalized spacial score (nSPS) is 12.0. The van der Waals surface area contributed by atoms with E-state index in [4.69, 9.17) is 27.9 Å². The molecule has 2 aromatic carbocycles. The van der Waals surface area contributed by atoms with Crippen LogP contribution in [0.15, 0.2) is 70.4 Å². The van der Waals surface area contributed by atoms with Crippen LogP contribution in [0.25, 0.3) is 22.4 Å². The van der Waals surface area contributed by atoms with Gasteiger partial charge in [-0.2, -0.15) is 9.94 Å². The minimum absolute atomic E-state index is 0.0200. The minimum atomic E-state index is -0.828. The highest BCUT2D eigenvalue weighted by molar-refractivity contribution is 6.33. The van der Waals surface area contributed by atoms with Crippen molar-refractivity contribution in [3.05, 3.63) is 103 Å². The largest absolute Gasteiger partial charge is 0.442 e. The summed E-state index contributed by atoms with van der Waals surface area (Å²) >= 11 is 12.6. The fraction of sp³-hybridized carbons (Fsp3) is 0.233. The Bertz CT molecular complexity index is 1800. The van der Waals surface area contributed by atoms with Crippen molar-refractivity contribution in [1.82, 2.24) is 14.3 Å². The van der Waals surface area contributed by atoms with E-state index in [1.165, 1.54) is 22.9 Å². The maximum Gasteiger partial charge on any atom is 0.434 e. The zero-order valence-electron chi connectivity index (χ0n) is 22.7. The molecule has 0 amide bonds. The molecule has 0 bridgehead atoms. The van der Waals surface area contributed by atoms with Gasteiger partial charge in [0.1, 0.15) is 5.60 Å². The smallest absolute Gasteiger partial charge is 0.434 e. The number of Topliss-reactive ketones (excluding diaryl/α,β-unsaturated/α-hetero) is 1. The lowest BCUT2D eigenvalue weighted by atomic mass is 10.00. The fourth-order valence-electron chi connectivity index (χ4n) is 4.22. The summed E-state index contributed by atoms with van der Waals surface area (Å²) in [5, 5.41) is 12.5. The molecular weight excluding hydrogens is 567 g/mol. The topological polar surface area (TPSA) is 127 Å². The van der Waals surface area contributed by atoms with Gasteiger partial charge in [-0.15, -0.1) is 0 Å². The summed E-state index contributed by atoms with van der Waals surface area (Å²) in [5.41, 5.74) is 0.947. The van der Waals surface area contributed by atoms with E-state index in [9.17, 15) is 24.4 Å². The first-order chi connectivity index (χ1) is 19.3. The van der Waals surface area contributed by atoms with E-state index < -0.39 is 28.9 Å². The average Bonchev–Trinajstić information content (AvgIpc) is 3.30. The Hall–Kier alpha value is -4.39. The number of H-pyrrole nitrogens is 1. The summed E-state index contributed by atoms with van der Waals surface area (Å²) in [6.45, 7) is 6.77. The molecule has 41 heavy (non-hydrogen) atoms. The van der Waals surface area contributed by atoms with Crippen LogP contribution in [0.5, 0.6) is 0 Å². The van der Waals surface area contributed by atoms with Gasteiger partial charge in [0.2, 0.25) is 0 Å². The number of carbonyl (C=O) groups excluding carboxylic acids is 2. The van der Waals surface area contributed by atoms with E-state index in [0.717, 1.165) is 4.68 Å². The highest BCUT2D eigenvalue weighted by Gasteiger charge is 2.22. The first kappa shape index (κ1) is 29.6. The molecule has 0 fully saturated rings. The number of pyridine rings is 1. The molecule has 0 aliphatic heterocycles. The van der Waals surface area contributed by atoms with Gasteiger partial charge in [0.25, 0.3) is 11.1 Å². The number of nitriles is 1. The molecular formula is C30H26Cl2N4O5. The van der Waals surface area contributed by atoms with Crippen LogP contribution in [0.4, 0.5) is 4.79 Å². The van der Waals surface area contributed by atoms with Crippen molar-refractivity contribution in [2.75, 3.05) is 0 Å². The Morgan fingerprint density at radius 1 is 1.02 bits per heavy atom. The zero-order valence-corrected chi connectivity index (χ0v) is 24.2. The Labute approximate surface area is 245 Å². The number of hydrogen-bond acceptors (Lipinski definition) is 6. The van der Waals surface area contributed by atoms with Gasteiger partial charge in [0.05, 0.1) is 28.4 Å². The van der Waals surface area contributed by atoms with E-state index in [1.807, 2.05) is 0 Å². The molecule has 0 aliphatic carbocycles. The Morgan fingerprint density at radius 2 is 1.71 bits per heavy atom. The van der Waals surface area contributed by atoms with Crippen molar-refractivity contribution in [2.24, 2.45) is 0 Å². The lowest BCUT2D eigenvalue weighted by molar-refractivity contribution is -0.121. The predicted molar refractivity (Wildman–Crippen MR) is 156 cm³/mol. The van der Waals surface area contributed by atoms with Gasteiger partial charge in [-0.1, -0.05) is 47.5 Å². The van der Waals surface area contributed by atoms with Crippen molar-refractivity contribution in [2.45, 2.75) is 45.8 Å². The van der Waals surface area contributed by atoms with Gasteiger partial charge in [-0.25, -0.2) is 4.79 Å². The number of aromatic nitrogens is 3. The van der Waals surface area contributed by atoms with Crippen LogP contribution >= 0.6 is 23.2 Å². The highest BCUT2D eigenvalue weighted by Crippen LogP contribution is 2.32. The minimum Gasteiger partial charge on any atom is -0.442 e. The van der Waals surface area contributed by atoms with Gasteiger partial charge < -0.3 is 9.30 Å². The predicted octanol–water partition coefficient (Wildman–Crippen LogP) is 6.01. The molecule has 0 saturated carbocycles. The molecule has 1 atom stereocenters. The number of nitrogens with one attached hydrogen (secondary N) is 1. The van der Waals surface area contributed by atoms with Crippen molar-refractivity contribution in [3.8, 4) is 28.5 Å². The average molecular weight is 593 g/mol. The molecule has 2 heterocycles. The number of hydrogen-bond donors (Lipinski definition) is 1. The second kappa shape index (κ2) is 11.6. The van der Waals surface area contributed by atoms with Crippen molar-refractivity contribution >= 4 is 35.1 Å². The number of rotatable bonds is 6. The van der Waals surface area contributed by atoms with Crippen molar-refractivity contribution < 1.29 is 14.3 Å². The third-order valence-electron chi connectivity index (χ3n) is 6.24. The third-order valence-corrected chi connectivity index (χ3v) is 6.78. The summed E-state index contributed by atoms with van der Waals surface area (Å²) in [7, 11) is 0. The molecule has 0 aliphatic rings. The standard InChI is InChI=1S/C30H26Cl2N4O5/c1-17(35-16-24(32)23(13-28(35)39)22-12-21(31)10-9-20(22)15-33)26(37)11-18-5-7-19(8-6-18)25-14-27(38)34-36(25)29(40)41-30(2,3)4/h5-10,12-14,16-17H,11H2,1-4H3,(H,34,38). The van der Waals surface area contributed by atoms with Crippen LogP contribution in [0.2, 0.25) is 10.0 Å². The molecule has 9 nitrogen and oxygen atoms in total. The van der Waals surface area contributed by atoms with E-state index in [1.54, 1.807) is 70.2 Å². The van der Waals surface area contributed by atoms with Gasteiger partial charge in [0.15, 0.2) is 5.78 Å². The van der Waals surface area contributed by atoms with Crippen molar-refractivity contribution in [3.63, 3.8) is 0 Å². The van der Waals surface area contributed by atoms with E-state index in [-0.39, 0.29) is 17.2 Å². The van der Waals surface area contributed by atoms with Crippen LogP contribution in [0.1, 0.15) is 44.9 Å². The van der Waals surface area contributed by atoms with Crippen LogP contribution in [0.3, 0.4) is 0 Å². The molecule has 0 saturated heterocycles. The monoisotopic (exact) mass is 592 g/mol. The van der Waals surface area contributed by atoms with Crippen LogP contribution < -0.4 is 11.1 Å². The van der Waals surface area contributed by atoms with Gasteiger partial charge in [-0.3, -0.25) is 19.5 Å². The second-order valence-electron chi connectivity index (χ2n) is 10.4. The Kier molecular flexibility index (Phi) is 8.38. The first-order valence-electron chi connectivity index (χ1n) is 12.6. The molecule has 0 radical (unpaired) electrons. The number of ketones is 1. The summed E-state index contributed by atoms with van der Waals surface area (Å²) < 4.78 is 7.65. The van der Waals surface area contributed by atoms with Crippen molar-refractivity contribution in [1.29, 1.82) is 5.26 Å². The number of benzene rings is 2. The SMILES string of the molecule is CC(C(=O)Cc1ccc(-c2cc(=O)[nH]n2C(=O)OC(C)(C)C)cc1)n1cc(Cl)c(-c2cc(Cl)ccc2C#N)cc1=O. The van der Waals surface area contributed by atoms with E-state index in [2.05, 4.69) is 11.2 Å². The summed E-state index contributed by atoms with van der Waals surface area (Å²) in [6, 6.07) is 15.3. The molecule has 0 spiro atoms. The van der Waals surface area contributed by atoms with Crippen LogP contribution in [-0.4, -0.2) is 31.8 Å². The zero-order chi connectivity index (χ0) is 30.1. The number of ether oxygens (including phenoxy) is 1. The van der Waals surface area contributed by atoms with Gasteiger partial charge in [-0.05, 0) is 51.5 Å². The maximum atomic E-state index is 13.1. The number of nitrogens with zero attached hydrogens (tertiary/aromatic N) is 3. The maximum absolute atomic E-state index is 13.1. The second-order valence-corrected chi connectivity index (χ2v) is 11.3. The fourth-order valence-corrected chi connectivity index (χ4v) is 4.65. The molecule has 1 N–H and O–H groups in total. The number of aromatic amines is 1. The third kappa shape index (κ3) is 6.68. The molecule has 210 valence electrons. The molecule has 4 aromatic rings. The van der Waals surface area contributed by atoms with Gasteiger partial charge in [0, 0.05) is 46.5 Å². The van der Waals surface area contributed by atoms with Crippen LogP contribution in [-0.2, 0) is 16.0 Å². The molecule has 1 unspecified atom stereocenters. The van der Waals surface area contributed by atoms with Crippen LogP contribution in [0, 0.1) is 11.3 Å². The molecule has 11 heteroatoms. The first-order valence-corrected chi connectivity index (χ1v) is 13.3. The van der Waals surface area contributed by atoms with Gasteiger partial charge >= 0.3 is 6.09 Å². The Balaban J connectivity index is 1.54. The summed E-state index contributed by atoms with van der Waals surface area (Å²) in [6.07, 6.45) is 0.679. The quantitative estimate of drug-likeness (QED) is 0.292. The lowest BCUT2D eigenvalue weighted by Gasteiger charge is -2.20. The number of carbonyl (C=O) groups is 2. The molecule has 2 aromatic heterocycles. The summed E-state index contributed by atoms with van der Waals surface area (Å²) in [4.78, 5) is 50.7. The summed E-state index contributed by atoms with van der Waals surface area (Å²) in [5.74, 6) is -0.239. The lowest BCUT2D eigenvalue weighted by Crippen LogP contribution is -2.28. The van der Waals surface area contributed by atoms with E-state index >= 15 is 0 Å². The highest BCUT2D eigenvalue weighted by atomic mass is 35.5. The molecule has 4 rings (SSSR count). The number of halogens is 2. The Morgan fingerprint density at radius 3 is 2.34 bits per heavy atom. The van der Waals surface area contributed by atoms with E-state index in [0.29, 0.717) is 38.5 Å².